The van der Waals surface area contributed by atoms with Crippen LogP contribution in [-0.2, 0) is 9.53 Å². The van der Waals surface area contributed by atoms with Crippen LogP contribution >= 0.6 is 11.6 Å². The van der Waals surface area contributed by atoms with Gasteiger partial charge in [-0.1, -0.05) is 18.5 Å². The molecule has 2 heterocycles. The molecule has 0 bridgehead atoms. The number of nitrogens with zero attached hydrogens (tertiary/aromatic N) is 2. The molecule has 6 heteroatoms. The van der Waals surface area contributed by atoms with Gasteiger partial charge >= 0.3 is 5.97 Å². The number of hydrogen-bond acceptors (Lipinski definition) is 4. The zero-order valence-corrected chi connectivity index (χ0v) is 14.3. The van der Waals surface area contributed by atoms with Gasteiger partial charge in [-0.2, -0.15) is 0 Å². The molecule has 1 unspecified atom stereocenters. The Morgan fingerprint density at radius 2 is 2.17 bits per heavy atom. The predicted molar refractivity (Wildman–Crippen MR) is 92.0 cm³/mol. The Morgan fingerprint density at radius 3 is 2.96 bits per heavy atom. The summed E-state index contributed by atoms with van der Waals surface area (Å²) < 4.78 is 5.17. The van der Waals surface area contributed by atoms with Crippen molar-refractivity contribution in [2.24, 2.45) is 5.92 Å². The fourth-order valence-electron chi connectivity index (χ4n) is 2.95. The van der Waals surface area contributed by atoms with Crippen molar-refractivity contribution in [3.05, 3.63) is 41.0 Å². The maximum absolute atomic E-state index is 12.2. The highest BCUT2D eigenvalue weighted by Crippen LogP contribution is 2.18. The Balaban J connectivity index is 1.62. The van der Waals surface area contributed by atoms with E-state index in [1.807, 2.05) is 0 Å². The van der Waals surface area contributed by atoms with Gasteiger partial charge in [-0.25, -0.2) is 9.78 Å². The van der Waals surface area contributed by atoms with Crippen LogP contribution in [0.5, 0.6) is 0 Å². The van der Waals surface area contributed by atoms with Crippen LogP contribution in [0.15, 0.2) is 30.3 Å². The van der Waals surface area contributed by atoms with Crippen LogP contribution < -0.4 is 0 Å². The molecule has 1 aliphatic heterocycles. The minimum absolute atomic E-state index is 0.135. The van der Waals surface area contributed by atoms with Gasteiger partial charge in [-0.3, -0.25) is 4.79 Å². The lowest BCUT2D eigenvalue weighted by Gasteiger charge is -2.30. The lowest BCUT2D eigenvalue weighted by molar-refractivity contribution is -0.136. The third-order valence-electron chi connectivity index (χ3n) is 4.23. The van der Waals surface area contributed by atoms with Gasteiger partial charge in [0.05, 0.1) is 11.1 Å². The molecule has 1 fully saturated rings. The van der Waals surface area contributed by atoms with Crippen LogP contribution in [0.4, 0.5) is 0 Å². The molecule has 1 aromatic heterocycles. The summed E-state index contributed by atoms with van der Waals surface area (Å²) in [6.07, 6.45) is 2.14. The van der Waals surface area contributed by atoms with Crippen molar-refractivity contribution in [1.82, 2.24) is 9.88 Å². The number of rotatable bonds is 3. The number of pyridine rings is 1. The van der Waals surface area contributed by atoms with Crippen molar-refractivity contribution in [1.29, 1.82) is 0 Å². The van der Waals surface area contributed by atoms with Crippen molar-refractivity contribution in [3.8, 4) is 0 Å². The maximum Gasteiger partial charge on any atom is 0.338 e. The summed E-state index contributed by atoms with van der Waals surface area (Å²) in [4.78, 5) is 30.3. The van der Waals surface area contributed by atoms with Crippen molar-refractivity contribution >= 4 is 34.4 Å². The van der Waals surface area contributed by atoms with E-state index in [-0.39, 0.29) is 12.5 Å². The highest BCUT2D eigenvalue weighted by Gasteiger charge is 2.22. The quantitative estimate of drug-likeness (QED) is 0.632. The Morgan fingerprint density at radius 1 is 1.33 bits per heavy atom. The molecular weight excluding hydrogens is 328 g/mol. The third-order valence-corrected chi connectivity index (χ3v) is 4.44. The summed E-state index contributed by atoms with van der Waals surface area (Å²) in [6, 6.07) is 8.49. The minimum Gasteiger partial charge on any atom is -0.452 e. The number of halogens is 1. The van der Waals surface area contributed by atoms with E-state index in [2.05, 4.69) is 11.9 Å². The molecule has 1 aliphatic rings. The number of ether oxygens (including phenoxy) is 1. The van der Waals surface area contributed by atoms with Crippen LogP contribution in [0.1, 0.15) is 30.1 Å². The maximum atomic E-state index is 12.2. The Bertz CT molecular complexity index is 778. The first-order chi connectivity index (χ1) is 11.5. The van der Waals surface area contributed by atoms with E-state index in [4.69, 9.17) is 16.3 Å². The molecule has 3 rings (SSSR count). The number of benzene rings is 1. The summed E-state index contributed by atoms with van der Waals surface area (Å²) in [5.74, 6) is -0.146. The minimum atomic E-state index is -0.509. The topological polar surface area (TPSA) is 59.5 Å². The van der Waals surface area contributed by atoms with Crippen molar-refractivity contribution in [2.75, 3.05) is 19.7 Å². The van der Waals surface area contributed by atoms with Gasteiger partial charge < -0.3 is 9.64 Å². The third kappa shape index (κ3) is 3.85. The molecule has 0 radical (unpaired) electrons. The molecule has 126 valence electrons. The van der Waals surface area contributed by atoms with Gasteiger partial charge in [0.1, 0.15) is 5.15 Å². The van der Waals surface area contributed by atoms with Gasteiger partial charge in [-0.05, 0) is 49.1 Å². The molecule has 0 N–H and O–H groups in total. The van der Waals surface area contributed by atoms with E-state index in [1.54, 1.807) is 35.2 Å². The fraction of sp³-hybridized carbons (Fsp3) is 0.389. The van der Waals surface area contributed by atoms with Gasteiger partial charge in [-0.15, -0.1) is 0 Å². The largest absolute Gasteiger partial charge is 0.452 e. The van der Waals surface area contributed by atoms with Crippen LogP contribution in [0.3, 0.4) is 0 Å². The monoisotopic (exact) mass is 346 g/mol. The fourth-order valence-corrected chi connectivity index (χ4v) is 3.10. The number of fused-ring (bicyclic) bond motifs is 1. The number of aromatic nitrogens is 1. The second-order valence-electron chi connectivity index (χ2n) is 6.20. The van der Waals surface area contributed by atoms with E-state index in [0.717, 1.165) is 31.3 Å². The summed E-state index contributed by atoms with van der Waals surface area (Å²) in [5, 5.41) is 1.20. The number of amides is 1. The molecule has 1 atom stereocenters. The number of hydrogen-bond donors (Lipinski definition) is 0. The zero-order chi connectivity index (χ0) is 17.1. The van der Waals surface area contributed by atoms with Crippen LogP contribution in [0.2, 0.25) is 5.15 Å². The highest BCUT2D eigenvalue weighted by molar-refractivity contribution is 6.29. The molecule has 1 aromatic carbocycles. The molecule has 1 amide bonds. The number of esters is 1. The predicted octanol–water partition coefficient (Wildman–Crippen LogP) is 3.30. The SMILES string of the molecule is CC1CCCN(C(=O)COC(=O)c2ccc3nc(Cl)ccc3c2)C1. The molecule has 0 saturated carbocycles. The van der Waals surface area contributed by atoms with Gasteiger partial charge in [0.15, 0.2) is 6.61 Å². The first kappa shape index (κ1) is 16.7. The smallest absolute Gasteiger partial charge is 0.338 e. The summed E-state index contributed by atoms with van der Waals surface area (Å²) in [6.45, 7) is 3.38. The van der Waals surface area contributed by atoms with Crippen molar-refractivity contribution < 1.29 is 14.3 Å². The first-order valence-corrected chi connectivity index (χ1v) is 8.42. The second kappa shape index (κ2) is 7.18. The van der Waals surface area contributed by atoms with Crippen molar-refractivity contribution in [2.45, 2.75) is 19.8 Å². The average Bonchev–Trinajstić information content (AvgIpc) is 2.58. The van der Waals surface area contributed by atoms with E-state index in [0.29, 0.717) is 22.2 Å². The molecule has 24 heavy (non-hydrogen) atoms. The van der Waals surface area contributed by atoms with Gasteiger partial charge in [0, 0.05) is 18.5 Å². The second-order valence-corrected chi connectivity index (χ2v) is 6.59. The molecule has 0 spiro atoms. The summed E-state index contributed by atoms with van der Waals surface area (Å²) >= 11 is 5.84. The van der Waals surface area contributed by atoms with Gasteiger partial charge in [0.25, 0.3) is 5.91 Å². The number of carbonyl (C=O) groups excluding carboxylic acids is 2. The van der Waals surface area contributed by atoms with E-state index in [9.17, 15) is 9.59 Å². The summed E-state index contributed by atoms with van der Waals surface area (Å²) in [5.41, 5.74) is 1.10. The lowest BCUT2D eigenvalue weighted by atomic mass is 10.0. The van der Waals surface area contributed by atoms with Gasteiger partial charge in [0.2, 0.25) is 0 Å². The first-order valence-electron chi connectivity index (χ1n) is 8.04. The number of piperidine rings is 1. The van der Waals surface area contributed by atoms with Crippen molar-refractivity contribution in [3.63, 3.8) is 0 Å². The van der Waals surface area contributed by atoms with E-state index < -0.39 is 5.97 Å². The van der Waals surface area contributed by atoms with E-state index in [1.165, 1.54) is 0 Å². The highest BCUT2D eigenvalue weighted by atomic mass is 35.5. The molecular formula is C18H19ClN2O3. The number of likely N-dealkylation sites (tertiary alicyclic amines) is 1. The molecule has 1 saturated heterocycles. The van der Waals surface area contributed by atoms with Crippen LogP contribution in [0, 0.1) is 5.92 Å². The molecule has 2 aromatic rings. The van der Waals surface area contributed by atoms with E-state index >= 15 is 0 Å². The Labute approximate surface area is 145 Å². The van der Waals surface area contributed by atoms with Crippen LogP contribution in [0.25, 0.3) is 10.9 Å². The Kier molecular flexibility index (Phi) is 5.00. The Hall–Kier alpha value is -2.14. The zero-order valence-electron chi connectivity index (χ0n) is 13.5. The average molecular weight is 347 g/mol. The van der Waals surface area contributed by atoms with Crippen LogP contribution in [-0.4, -0.2) is 41.5 Å². The normalized spacial score (nSPS) is 17.8. The molecule has 5 nitrogen and oxygen atoms in total. The molecule has 0 aliphatic carbocycles. The summed E-state index contributed by atoms with van der Waals surface area (Å²) in [7, 11) is 0. The standard InChI is InChI=1S/C18H19ClN2O3/c1-12-3-2-8-21(10-12)17(22)11-24-18(23)14-4-6-15-13(9-14)5-7-16(19)20-15/h4-7,9,12H,2-3,8,10-11H2,1H3. The number of carbonyl (C=O) groups is 2. The lowest BCUT2D eigenvalue weighted by Crippen LogP contribution is -2.41.